The Morgan fingerprint density at radius 1 is 1.45 bits per heavy atom. The average molecular weight is 338 g/mol. The van der Waals surface area contributed by atoms with E-state index in [0.29, 0.717) is 28.9 Å². The second-order valence-corrected chi connectivity index (χ2v) is 6.62. The standard InChI is InChI=1S/C15H18N2O3S2/c1-10-3-4-11(2)12(7-10)20-8-13(18)16-5-6-17-14(19)9-22-15(17)21/h3-4,7H,5-6,8-9H2,1-2H3,(H,16,18). The Morgan fingerprint density at radius 2 is 2.23 bits per heavy atom. The first-order chi connectivity index (χ1) is 10.5. The van der Waals surface area contributed by atoms with Gasteiger partial charge in [0.25, 0.3) is 5.91 Å². The van der Waals surface area contributed by atoms with Crippen molar-refractivity contribution in [1.82, 2.24) is 10.2 Å². The van der Waals surface area contributed by atoms with Gasteiger partial charge in [0.2, 0.25) is 5.91 Å². The van der Waals surface area contributed by atoms with Gasteiger partial charge in [0.05, 0.1) is 5.75 Å². The van der Waals surface area contributed by atoms with Gasteiger partial charge in [-0.15, -0.1) is 0 Å². The first-order valence-electron chi connectivity index (χ1n) is 6.91. The average Bonchev–Trinajstić information content (AvgIpc) is 2.80. The van der Waals surface area contributed by atoms with Gasteiger partial charge in [-0.3, -0.25) is 14.5 Å². The molecule has 0 saturated carbocycles. The van der Waals surface area contributed by atoms with Crippen molar-refractivity contribution in [3.8, 4) is 5.75 Å². The number of thioether (sulfide) groups is 1. The number of benzene rings is 1. The molecule has 0 unspecified atom stereocenters. The normalized spacial score (nSPS) is 14.4. The maximum Gasteiger partial charge on any atom is 0.258 e. The van der Waals surface area contributed by atoms with Crippen molar-refractivity contribution < 1.29 is 14.3 Å². The molecule has 0 aliphatic carbocycles. The van der Waals surface area contributed by atoms with Gasteiger partial charge in [0, 0.05) is 13.1 Å². The van der Waals surface area contributed by atoms with Crippen LogP contribution < -0.4 is 10.1 Å². The van der Waals surface area contributed by atoms with Crippen LogP contribution in [0.3, 0.4) is 0 Å². The summed E-state index contributed by atoms with van der Waals surface area (Å²) in [4.78, 5) is 24.8. The number of thiocarbonyl (C=S) groups is 1. The first-order valence-corrected chi connectivity index (χ1v) is 8.30. The second-order valence-electron chi connectivity index (χ2n) is 5.01. The van der Waals surface area contributed by atoms with Crippen LogP contribution in [0.1, 0.15) is 11.1 Å². The molecule has 1 aromatic carbocycles. The van der Waals surface area contributed by atoms with Crippen LogP contribution in [0.5, 0.6) is 5.75 Å². The van der Waals surface area contributed by atoms with Crippen molar-refractivity contribution in [2.45, 2.75) is 13.8 Å². The van der Waals surface area contributed by atoms with E-state index in [1.165, 1.54) is 16.7 Å². The Morgan fingerprint density at radius 3 is 2.91 bits per heavy atom. The number of nitrogens with one attached hydrogen (secondary N) is 1. The van der Waals surface area contributed by atoms with E-state index in [-0.39, 0.29) is 18.4 Å². The molecule has 1 saturated heterocycles. The van der Waals surface area contributed by atoms with Crippen molar-refractivity contribution in [2.75, 3.05) is 25.4 Å². The molecule has 1 N–H and O–H groups in total. The summed E-state index contributed by atoms with van der Waals surface area (Å²) in [6.45, 7) is 4.63. The summed E-state index contributed by atoms with van der Waals surface area (Å²) < 4.78 is 6.10. The van der Waals surface area contributed by atoms with Crippen molar-refractivity contribution >= 4 is 40.1 Å². The number of nitrogens with zero attached hydrogens (tertiary/aromatic N) is 1. The Kier molecular flexibility index (Phi) is 5.79. The summed E-state index contributed by atoms with van der Waals surface area (Å²) >= 11 is 6.42. The molecular weight excluding hydrogens is 320 g/mol. The third-order valence-electron chi connectivity index (χ3n) is 3.20. The molecule has 5 nitrogen and oxygen atoms in total. The van der Waals surface area contributed by atoms with E-state index < -0.39 is 0 Å². The molecule has 2 rings (SSSR count). The van der Waals surface area contributed by atoms with E-state index in [2.05, 4.69) is 5.32 Å². The van der Waals surface area contributed by atoms with Crippen LogP contribution in [0.15, 0.2) is 18.2 Å². The Labute approximate surface area is 139 Å². The molecule has 0 radical (unpaired) electrons. The number of aryl methyl sites for hydroxylation is 2. The zero-order valence-corrected chi connectivity index (χ0v) is 14.2. The van der Waals surface area contributed by atoms with Gasteiger partial charge in [-0.25, -0.2) is 0 Å². The molecule has 1 aromatic rings. The molecule has 1 aliphatic rings. The molecule has 0 bridgehead atoms. The fraction of sp³-hybridized carbons (Fsp3) is 0.400. The third-order valence-corrected chi connectivity index (χ3v) is 4.63. The largest absolute Gasteiger partial charge is 0.483 e. The Bertz CT molecular complexity index is 588. The molecule has 0 spiro atoms. The summed E-state index contributed by atoms with van der Waals surface area (Å²) in [6, 6.07) is 5.86. The quantitative estimate of drug-likeness (QED) is 0.800. The third kappa shape index (κ3) is 4.45. The van der Waals surface area contributed by atoms with Gasteiger partial charge in [-0.2, -0.15) is 0 Å². The smallest absolute Gasteiger partial charge is 0.258 e. The van der Waals surface area contributed by atoms with Crippen LogP contribution in [-0.4, -0.2) is 46.5 Å². The fourth-order valence-electron chi connectivity index (χ4n) is 1.96. The molecule has 1 fully saturated rings. The number of ether oxygens (including phenoxy) is 1. The van der Waals surface area contributed by atoms with Gasteiger partial charge in [-0.1, -0.05) is 36.1 Å². The summed E-state index contributed by atoms with van der Waals surface area (Å²) in [5, 5.41) is 2.73. The highest BCUT2D eigenvalue weighted by Gasteiger charge is 2.25. The maximum absolute atomic E-state index is 11.8. The van der Waals surface area contributed by atoms with Crippen molar-refractivity contribution in [3.63, 3.8) is 0 Å². The Balaban J connectivity index is 1.73. The number of carbonyl (C=O) groups excluding carboxylic acids is 2. The van der Waals surface area contributed by atoms with Gasteiger partial charge < -0.3 is 10.1 Å². The lowest BCUT2D eigenvalue weighted by Gasteiger charge is -2.15. The van der Waals surface area contributed by atoms with Gasteiger partial charge in [-0.05, 0) is 31.0 Å². The summed E-state index contributed by atoms with van der Waals surface area (Å²) in [6.07, 6.45) is 0. The lowest BCUT2D eigenvalue weighted by atomic mass is 10.1. The minimum Gasteiger partial charge on any atom is -0.483 e. The van der Waals surface area contributed by atoms with Crippen LogP contribution in [0, 0.1) is 13.8 Å². The van der Waals surface area contributed by atoms with Crippen molar-refractivity contribution in [2.24, 2.45) is 0 Å². The predicted octanol–water partition coefficient (Wildman–Crippen LogP) is 1.66. The second kappa shape index (κ2) is 7.60. The number of carbonyl (C=O) groups is 2. The highest BCUT2D eigenvalue weighted by atomic mass is 32.2. The lowest BCUT2D eigenvalue weighted by Crippen LogP contribution is -2.38. The fourth-order valence-corrected chi connectivity index (χ4v) is 3.08. The van der Waals surface area contributed by atoms with E-state index in [0.717, 1.165) is 11.1 Å². The summed E-state index contributed by atoms with van der Waals surface area (Å²) in [7, 11) is 0. The first kappa shape index (κ1) is 16.8. The zero-order valence-electron chi connectivity index (χ0n) is 12.5. The molecule has 0 aromatic heterocycles. The van der Waals surface area contributed by atoms with Gasteiger partial charge in [0.1, 0.15) is 10.1 Å². The topological polar surface area (TPSA) is 58.6 Å². The Hall–Kier alpha value is -1.60. The van der Waals surface area contributed by atoms with E-state index in [9.17, 15) is 9.59 Å². The summed E-state index contributed by atoms with van der Waals surface area (Å²) in [5.41, 5.74) is 2.07. The van der Waals surface area contributed by atoms with Crippen LogP contribution in [0.2, 0.25) is 0 Å². The highest BCUT2D eigenvalue weighted by Crippen LogP contribution is 2.19. The monoisotopic (exact) mass is 338 g/mol. The van der Waals surface area contributed by atoms with E-state index >= 15 is 0 Å². The maximum atomic E-state index is 11.8. The van der Waals surface area contributed by atoms with Crippen LogP contribution >= 0.6 is 24.0 Å². The van der Waals surface area contributed by atoms with Crippen LogP contribution in [0.25, 0.3) is 0 Å². The summed E-state index contributed by atoms with van der Waals surface area (Å²) in [5.74, 6) is 0.882. The van der Waals surface area contributed by atoms with Crippen molar-refractivity contribution in [3.05, 3.63) is 29.3 Å². The van der Waals surface area contributed by atoms with Gasteiger partial charge >= 0.3 is 0 Å². The molecule has 22 heavy (non-hydrogen) atoms. The van der Waals surface area contributed by atoms with Crippen molar-refractivity contribution in [1.29, 1.82) is 0 Å². The number of hydrogen-bond donors (Lipinski definition) is 1. The molecule has 0 atom stereocenters. The van der Waals surface area contributed by atoms with Crippen LogP contribution in [-0.2, 0) is 9.59 Å². The number of rotatable bonds is 6. The lowest BCUT2D eigenvalue weighted by molar-refractivity contribution is -0.125. The van der Waals surface area contributed by atoms with E-state index in [1.807, 2.05) is 32.0 Å². The molecular formula is C15H18N2O3S2. The number of hydrogen-bond acceptors (Lipinski definition) is 5. The molecule has 2 amide bonds. The highest BCUT2D eigenvalue weighted by molar-refractivity contribution is 8.23. The van der Waals surface area contributed by atoms with Gasteiger partial charge in [0.15, 0.2) is 6.61 Å². The molecule has 118 valence electrons. The van der Waals surface area contributed by atoms with Crippen LogP contribution in [0.4, 0.5) is 0 Å². The van der Waals surface area contributed by atoms with E-state index in [4.69, 9.17) is 17.0 Å². The SMILES string of the molecule is Cc1ccc(C)c(OCC(=O)NCCN2C(=O)CSC2=S)c1. The molecule has 7 heteroatoms. The zero-order chi connectivity index (χ0) is 16.1. The minimum atomic E-state index is -0.217. The number of amides is 2. The van der Waals surface area contributed by atoms with E-state index in [1.54, 1.807) is 0 Å². The minimum absolute atomic E-state index is 0.00381. The molecule has 1 aliphatic heterocycles. The predicted molar refractivity (Wildman–Crippen MR) is 91.2 cm³/mol. The molecule has 1 heterocycles.